The molecule has 0 saturated carbocycles. The van der Waals surface area contributed by atoms with Crippen LogP contribution in [0, 0.1) is 25.1 Å². The first kappa shape index (κ1) is 23.1. The Hall–Kier alpha value is -2.62. The number of nitrogens with zero attached hydrogens (tertiary/aromatic N) is 1. The van der Waals surface area contributed by atoms with Gasteiger partial charge in [-0.05, 0) is 85.9 Å². The molecule has 0 bridgehead atoms. The minimum atomic E-state index is -0.233. The van der Waals surface area contributed by atoms with E-state index in [0.717, 1.165) is 60.3 Å². The molecule has 166 valence electrons. The van der Waals surface area contributed by atoms with E-state index in [2.05, 4.69) is 50.6 Å². The maximum atomic E-state index is 13.3. The van der Waals surface area contributed by atoms with Gasteiger partial charge in [0.05, 0.1) is 0 Å². The van der Waals surface area contributed by atoms with Crippen LogP contribution in [-0.4, -0.2) is 12.5 Å². The van der Waals surface area contributed by atoms with Crippen molar-refractivity contribution in [3.8, 4) is 0 Å². The van der Waals surface area contributed by atoms with Crippen molar-refractivity contribution in [1.82, 2.24) is 0 Å². The lowest BCUT2D eigenvalue weighted by molar-refractivity contribution is -0.117. The topological polar surface area (TPSA) is 32.3 Å². The largest absolute Gasteiger partial charge is 0.367 e. The predicted octanol–water partition coefficient (Wildman–Crippen LogP) is 6.72. The molecule has 4 heteroatoms. The van der Waals surface area contributed by atoms with Gasteiger partial charge in [-0.15, -0.1) is 0 Å². The average Bonchev–Trinajstić information content (AvgIpc) is 2.89. The average molecular weight is 423 g/mol. The highest BCUT2D eigenvalue weighted by Crippen LogP contribution is 2.37. The number of benzene rings is 2. The van der Waals surface area contributed by atoms with Gasteiger partial charge in [0.15, 0.2) is 0 Å². The fourth-order valence-corrected chi connectivity index (χ4v) is 4.23. The molecule has 1 aliphatic heterocycles. The molecule has 0 aliphatic carbocycles. The maximum absolute atomic E-state index is 13.3. The van der Waals surface area contributed by atoms with E-state index in [-0.39, 0.29) is 17.1 Å². The first-order valence-corrected chi connectivity index (χ1v) is 11.2. The zero-order valence-electron chi connectivity index (χ0n) is 19.6. The lowest BCUT2D eigenvalue weighted by Crippen LogP contribution is -2.25. The number of carbonyl (C=O) groups is 1. The van der Waals surface area contributed by atoms with Crippen molar-refractivity contribution in [3.63, 3.8) is 0 Å². The summed E-state index contributed by atoms with van der Waals surface area (Å²) in [6.45, 7) is 16.0. The number of aryl methyl sites for hydroxylation is 1. The van der Waals surface area contributed by atoms with E-state index in [0.29, 0.717) is 6.42 Å². The van der Waals surface area contributed by atoms with E-state index in [4.69, 9.17) is 0 Å². The predicted molar refractivity (Wildman–Crippen MR) is 128 cm³/mol. The quantitative estimate of drug-likeness (QED) is 0.524. The number of hydrogen-bond donors (Lipinski definition) is 1. The fraction of sp³-hybridized carbons (Fsp3) is 0.444. The van der Waals surface area contributed by atoms with E-state index in [1.54, 1.807) is 0 Å². The standard InChI is InChI=1S/C27H35FN2O/c1-18(2)27(5,6)16-25(31)29-26-19(3)15-24-23(20(26)4)9-7-8-14-30(24)17-21-10-12-22(28)13-11-21/h10-13,15H,1,7-9,14,16-17H2,2-6H3,(H,29,31). The van der Waals surface area contributed by atoms with Crippen LogP contribution in [-0.2, 0) is 17.8 Å². The van der Waals surface area contributed by atoms with E-state index >= 15 is 0 Å². The summed E-state index contributed by atoms with van der Waals surface area (Å²) in [7, 11) is 0. The molecule has 1 amide bonds. The van der Waals surface area contributed by atoms with Crippen molar-refractivity contribution in [2.24, 2.45) is 5.41 Å². The van der Waals surface area contributed by atoms with Gasteiger partial charge in [0.2, 0.25) is 5.91 Å². The molecule has 1 aliphatic rings. The molecule has 0 spiro atoms. The van der Waals surface area contributed by atoms with E-state index < -0.39 is 0 Å². The number of carbonyl (C=O) groups excluding carboxylic acids is 1. The van der Waals surface area contributed by atoms with Gasteiger partial charge in [-0.3, -0.25) is 4.79 Å². The van der Waals surface area contributed by atoms with Gasteiger partial charge in [0.1, 0.15) is 5.82 Å². The van der Waals surface area contributed by atoms with Crippen LogP contribution in [0.3, 0.4) is 0 Å². The van der Waals surface area contributed by atoms with Crippen molar-refractivity contribution in [2.45, 2.75) is 66.8 Å². The molecule has 0 fully saturated rings. The Balaban J connectivity index is 1.89. The number of hydrogen-bond acceptors (Lipinski definition) is 2. The van der Waals surface area contributed by atoms with Gasteiger partial charge in [-0.2, -0.15) is 0 Å². The van der Waals surface area contributed by atoms with Crippen molar-refractivity contribution in [1.29, 1.82) is 0 Å². The number of halogens is 1. The lowest BCUT2D eigenvalue weighted by Gasteiger charge is -2.28. The van der Waals surface area contributed by atoms with Crippen LogP contribution in [0.15, 0.2) is 42.5 Å². The van der Waals surface area contributed by atoms with Crippen molar-refractivity contribution in [3.05, 3.63) is 70.6 Å². The zero-order chi connectivity index (χ0) is 22.8. The molecule has 2 aromatic rings. The summed E-state index contributed by atoms with van der Waals surface area (Å²) in [5.74, 6) is -0.183. The Kier molecular flexibility index (Phi) is 6.88. The third-order valence-corrected chi connectivity index (χ3v) is 6.64. The van der Waals surface area contributed by atoms with E-state index in [1.807, 2.05) is 19.1 Å². The Morgan fingerprint density at radius 2 is 1.87 bits per heavy atom. The Morgan fingerprint density at radius 3 is 2.52 bits per heavy atom. The Morgan fingerprint density at radius 1 is 1.19 bits per heavy atom. The molecule has 0 atom stereocenters. The van der Waals surface area contributed by atoms with Gasteiger partial charge in [0.25, 0.3) is 0 Å². The molecule has 0 aromatic heterocycles. The summed E-state index contributed by atoms with van der Waals surface area (Å²) in [6.07, 6.45) is 3.65. The van der Waals surface area contributed by atoms with Gasteiger partial charge in [-0.25, -0.2) is 4.39 Å². The molecule has 0 saturated heterocycles. The highest BCUT2D eigenvalue weighted by molar-refractivity contribution is 5.94. The summed E-state index contributed by atoms with van der Waals surface area (Å²) in [6, 6.07) is 8.97. The van der Waals surface area contributed by atoms with Crippen molar-refractivity contribution in [2.75, 3.05) is 16.8 Å². The smallest absolute Gasteiger partial charge is 0.225 e. The monoisotopic (exact) mass is 422 g/mol. The van der Waals surface area contributed by atoms with Crippen LogP contribution in [0.4, 0.5) is 15.8 Å². The fourth-order valence-electron chi connectivity index (χ4n) is 4.23. The Labute approximate surface area is 186 Å². The van der Waals surface area contributed by atoms with Gasteiger partial charge < -0.3 is 10.2 Å². The van der Waals surface area contributed by atoms with Gasteiger partial charge >= 0.3 is 0 Å². The maximum Gasteiger partial charge on any atom is 0.225 e. The van der Waals surface area contributed by atoms with Crippen LogP contribution in [0.2, 0.25) is 0 Å². The molecular weight excluding hydrogens is 387 g/mol. The zero-order valence-corrected chi connectivity index (χ0v) is 19.6. The van der Waals surface area contributed by atoms with Crippen LogP contribution in [0.25, 0.3) is 0 Å². The number of allylic oxidation sites excluding steroid dienone is 1. The lowest BCUT2D eigenvalue weighted by atomic mass is 9.82. The third-order valence-electron chi connectivity index (χ3n) is 6.64. The highest BCUT2D eigenvalue weighted by atomic mass is 19.1. The van der Waals surface area contributed by atoms with E-state index in [1.165, 1.54) is 23.4 Å². The molecular formula is C27H35FN2O. The molecule has 2 aromatic carbocycles. The first-order chi connectivity index (χ1) is 14.6. The second-order valence-corrected chi connectivity index (χ2v) is 9.59. The number of anilines is 2. The summed E-state index contributed by atoms with van der Waals surface area (Å²) >= 11 is 0. The Bertz CT molecular complexity index is 976. The van der Waals surface area contributed by atoms with Crippen molar-refractivity contribution < 1.29 is 9.18 Å². The summed E-state index contributed by atoms with van der Waals surface area (Å²) in [5, 5.41) is 3.19. The molecule has 3 nitrogen and oxygen atoms in total. The van der Waals surface area contributed by atoms with Gasteiger partial charge in [-0.1, -0.05) is 38.1 Å². The SMILES string of the molecule is C=C(C)C(C)(C)CC(=O)Nc1c(C)cc2c(c1C)CCCCN2Cc1ccc(F)cc1. The second kappa shape index (κ2) is 9.25. The number of fused-ring (bicyclic) bond motifs is 1. The molecule has 3 rings (SSSR count). The number of nitrogens with one attached hydrogen (secondary N) is 1. The van der Waals surface area contributed by atoms with Crippen LogP contribution in [0.1, 0.15) is 62.3 Å². The normalized spacial score (nSPS) is 14.1. The van der Waals surface area contributed by atoms with Crippen molar-refractivity contribution >= 4 is 17.3 Å². The molecule has 31 heavy (non-hydrogen) atoms. The first-order valence-electron chi connectivity index (χ1n) is 11.2. The minimum absolute atomic E-state index is 0.0240. The van der Waals surface area contributed by atoms with Crippen LogP contribution < -0.4 is 10.2 Å². The van der Waals surface area contributed by atoms with Gasteiger partial charge in [0, 0.05) is 30.9 Å². The molecule has 0 unspecified atom stereocenters. The summed E-state index contributed by atoms with van der Waals surface area (Å²) in [4.78, 5) is 15.2. The number of amides is 1. The molecule has 0 radical (unpaired) electrons. The minimum Gasteiger partial charge on any atom is -0.367 e. The third kappa shape index (κ3) is 5.36. The van der Waals surface area contributed by atoms with E-state index in [9.17, 15) is 9.18 Å². The molecule has 1 heterocycles. The number of rotatable bonds is 6. The summed E-state index contributed by atoms with van der Waals surface area (Å²) in [5.41, 5.74) is 7.58. The second-order valence-electron chi connectivity index (χ2n) is 9.59. The molecule has 1 N–H and O–H groups in total. The van der Waals surface area contributed by atoms with Crippen LogP contribution >= 0.6 is 0 Å². The van der Waals surface area contributed by atoms with Crippen LogP contribution in [0.5, 0.6) is 0 Å². The highest BCUT2D eigenvalue weighted by Gasteiger charge is 2.25. The summed E-state index contributed by atoms with van der Waals surface area (Å²) < 4.78 is 13.3.